The Balaban J connectivity index is 1.58. The summed E-state index contributed by atoms with van der Waals surface area (Å²) >= 11 is 2.07. The summed E-state index contributed by atoms with van der Waals surface area (Å²) < 4.78 is 8.54. The molecular formula is C21H24IN5O2. The summed E-state index contributed by atoms with van der Waals surface area (Å²) in [4.78, 5) is 20.9. The van der Waals surface area contributed by atoms with Crippen molar-refractivity contribution in [3.05, 3.63) is 37.6 Å². The Kier molecular flexibility index (Phi) is 5.46. The summed E-state index contributed by atoms with van der Waals surface area (Å²) in [6.45, 7) is 8.01. The van der Waals surface area contributed by atoms with E-state index in [1.165, 1.54) is 32.0 Å². The van der Waals surface area contributed by atoms with Gasteiger partial charge in [-0.15, -0.1) is 0 Å². The molecule has 0 N–H and O–H groups in total. The van der Waals surface area contributed by atoms with Crippen LogP contribution >= 0.6 is 22.6 Å². The van der Waals surface area contributed by atoms with E-state index in [9.17, 15) is 4.79 Å². The smallest absolute Gasteiger partial charge is 0.323 e. The maximum absolute atomic E-state index is 12.1. The number of nitrogens with zero attached hydrogens (tertiary/aromatic N) is 5. The third-order valence-corrected chi connectivity index (χ3v) is 5.79. The predicted molar refractivity (Wildman–Crippen MR) is 120 cm³/mol. The number of fused-ring (bicyclic) bond motifs is 1. The highest BCUT2D eigenvalue weighted by Gasteiger charge is 2.25. The first kappa shape index (κ1) is 20.1. The van der Waals surface area contributed by atoms with E-state index in [-0.39, 0.29) is 12.7 Å². The first-order valence-electron chi connectivity index (χ1n) is 9.75. The molecule has 0 saturated heterocycles. The minimum Gasteiger partial charge on any atom is -0.443 e. The van der Waals surface area contributed by atoms with E-state index in [0.29, 0.717) is 5.92 Å². The number of aromatic nitrogens is 5. The van der Waals surface area contributed by atoms with Gasteiger partial charge in [0.1, 0.15) is 15.4 Å². The first-order chi connectivity index (χ1) is 13.8. The molecule has 0 atom stereocenters. The number of esters is 1. The molecular weight excluding hydrogens is 481 g/mol. The third kappa shape index (κ3) is 4.08. The van der Waals surface area contributed by atoms with Crippen molar-refractivity contribution in [2.45, 2.75) is 49.7 Å². The van der Waals surface area contributed by atoms with Gasteiger partial charge in [-0.1, -0.05) is 42.0 Å². The Morgan fingerprint density at radius 2 is 2.10 bits per heavy atom. The number of rotatable bonds is 6. The van der Waals surface area contributed by atoms with Crippen LogP contribution < -0.4 is 0 Å². The number of allylic oxidation sites excluding steroid dienone is 1. The molecule has 1 aliphatic rings. The quantitative estimate of drug-likeness (QED) is 0.277. The second kappa shape index (κ2) is 7.89. The Hall–Kier alpha value is -2.23. The van der Waals surface area contributed by atoms with Crippen LogP contribution in [-0.2, 0) is 16.3 Å². The van der Waals surface area contributed by atoms with Crippen LogP contribution in [0.5, 0.6) is 0 Å². The van der Waals surface area contributed by atoms with Gasteiger partial charge in [0, 0.05) is 35.0 Å². The van der Waals surface area contributed by atoms with Crippen molar-refractivity contribution in [2.24, 2.45) is 5.92 Å². The van der Waals surface area contributed by atoms with Gasteiger partial charge >= 0.3 is 5.97 Å². The van der Waals surface area contributed by atoms with Crippen molar-refractivity contribution in [1.29, 1.82) is 0 Å². The van der Waals surface area contributed by atoms with Gasteiger partial charge in [0.25, 0.3) is 0 Å². The van der Waals surface area contributed by atoms with Crippen molar-refractivity contribution >= 4 is 45.3 Å². The molecule has 0 bridgehead atoms. The average molecular weight is 505 g/mol. The van der Waals surface area contributed by atoms with E-state index in [2.05, 4.69) is 44.2 Å². The fourth-order valence-corrected chi connectivity index (χ4v) is 3.84. The van der Waals surface area contributed by atoms with Crippen molar-refractivity contribution in [1.82, 2.24) is 24.3 Å². The fourth-order valence-electron chi connectivity index (χ4n) is 3.69. The lowest BCUT2D eigenvalue weighted by atomic mass is 10.1. The van der Waals surface area contributed by atoms with E-state index < -0.39 is 3.42 Å². The van der Waals surface area contributed by atoms with Gasteiger partial charge in [0.15, 0.2) is 6.73 Å². The Morgan fingerprint density at radius 3 is 2.83 bits per heavy atom. The largest absolute Gasteiger partial charge is 0.443 e. The van der Waals surface area contributed by atoms with Gasteiger partial charge in [-0.2, -0.15) is 5.10 Å². The normalized spacial score (nSPS) is 15.1. The molecule has 3 aromatic heterocycles. The Labute approximate surface area is 183 Å². The van der Waals surface area contributed by atoms with Crippen LogP contribution in [0, 0.1) is 5.92 Å². The van der Waals surface area contributed by atoms with Crippen LogP contribution in [0.1, 0.15) is 39.5 Å². The maximum atomic E-state index is 12.1. The van der Waals surface area contributed by atoms with Gasteiger partial charge in [-0.25, -0.2) is 14.6 Å². The molecule has 29 heavy (non-hydrogen) atoms. The molecule has 1 aliphatic carbocycles. The van der Waals surface area contributed by atoms with Crippen LogP contribution in [-0.4, -0.2) is 33.7 Å². The number of carbonyl (C=O) groups excluding carboxylic acids is 1. The summed E-state index contributed by atoms with van der Waals surface area (Å²) in [5.41, 5.74) is 3.49. The molecule has 1 fully saturated rings. The number of hydrogen-bond donors (Lipinski definition) is 0. The number of ether oxygens (including phenoxy) is 1. The average Bonchev–Trinajstić information content (AvgIpc) is 3.45. The van der Waals surface area contributed by atoms with Gasteiger partial charge in [0.2, 0.25) is 0 Å². The van der Waals surface area contributed by atoms with Crippen LogP contribution in [0.15, 0.2) is 37.6 Å². The second-order valence-corrected chi connectivity index (χ2v) is 10.6. The minimum atomic E-state index is -0.572. The maximum Gasteiger partial charge on any atom is 0.323 e. The van der Waals surface area contributed by atoms with E-state index in [0.717, 1.165) is 28.0 Å². The number of carbonyl (C=O) groups is 1. The minimum absolute atomic E-state index is 0.114. The summed E-state index contributed by atoms with van der Waals surface area (Å²) in [6, 6.07) is 1.94. The van der Waals surface area contributed by atoms with E-state index in [1.807, 2.05) is 47.8 Å². The summed E-state index contributed by atoms with van der Waals surface area (Å²) in [6.07, 6.45) is 12.1. The van der Waals surface area contributed by atoms with E-state index in [1.54, 1.807) is 0 Å². The molecule has 4 rings (SSSR count). The van der Waals surface area contributed by atoms with Crippen molar-refractivity contribution in [2.75, 3.05) is 0 Å². The number of alkyl halides is 1. The molecule has 8 heteroatoms. The van der Waals surface area contributed by atoms with Crippen LogP contribution in [0.25, 0.3) is 28.0 Å². The predicted octanol–water partition coefficient (Wildman–Crippen LogP) is 4.67. The van der Waals surface area contributed by atoms with Gasteiger partial charge in [0.05, 0.1) is 11.9 Å². The van der Waals surface area contributed by atoms with Crippen LogP contribution in [0.2, 0.25) is 0 Å². The number of hydrogen-bond acceptors (Lipinski definition) is 5. The summed E-state index contributed by atoms with van der Waals surface area (Å²) in [5.74, 6) is 0.243. The van der Waals surface area contributed by atoms with Crippen molar-refractivity contribution < 1.29 is 9.53 Å². The molecule has 0 unspecified atom stereocenters. The molecule has 0 aromatic carbocycles. The SMILES string of the molecule is C=C(C1CCCC1)n1cc(-c2ncnc3c2ccn3COC(=O)C(C)(C)I)cn1. The molecule has 1 saturated carbocycles. The highest BCUT2D eigenvalue weighted by Crippen LogP contribution is 2.33. The molecule has 7 nitrogen and oxygen atoms in total. The van der Waals surface area contributed by atoms with Gasteiger partial charge in [-0.3, -0.25) is 9.36 Å². The molecule has 3 heterocycles. The summed E-state index contributed by atoms with van der Waals surface area (Å²) in [5, 5.41) is 5.41. The van der Waals surface area contributed by atoms with Gasteiger partial charge in [-0.05, 0) is 32.8 Å². The highest BCUT2D eigenvalue weighted by atomic mass is 127. The molecule has 0 amide bonds. The van der Waals surface area contributed by atoms with Crippen molar-refractivity contribution in [3.63, 3.8) is 0 Å². The molecule has 0 aliphatic heterocycles. The second-order valence-electron chi connectivity index (χ2n) is 7.92. The van der Waals surface area contributed by atoms with Crippen LogP contribution in [0.3, 0.4) is 0 Å². The topological polar surface area (TPSA) is 74.8 Å². The zero-order chi connectivity index (χ0) is 20.6. The zero-order valence-corrected chi connectivity index (χ0v) is 18.8. The Morgan fingerprint density at radius 1 is 1.34 bits per heavy atom. The Bertz CT molecular complexity index is 1060. The van der Waals surface area contributed by atoms with Crippen molar-refractivity contribution in [3.8, 4) is 11.3 Å². The van der Waals surface area contributed by atoms with Crippen LogP contribution in [0.4, 0.5) is 0 Å². The zero-order valence-electron chi connectivity index (χ0n) is 16.6. The lowest BCUT2D eigenvalue weighted by molar-refractivity contribution is -0.148. The third-order valence-electron chi connectivity index (χ3n) is 5.35. The summed E-state index contributed by atoms with van der Waals surface area (Å²) in [7, 11) is 0. The van der Waals surface area contributed by atoms with Gasteiger partial charge < -0.3 is 4.74 Å². The molecule has 0 radical (unpaired) electrons. The lowest BCUT2D eigenvalue weighted by Gasteiger charge is -2.15. The molecule has 3 aromatic rings. The van der Waals surface area contributed by atoms with E-state index >= 15 is 0 Å². The lowest BCUT2D eigenvalue weighted by Crippen LogP contribution is -2.27. The standard InChI is InChI=1S/C21H24IN5O2/c1-14(15-6-4-5-7-15)27-11-16(10-25-27)18-17-8-9-26(19(17)24-12-23-18)13-29-20(28)21(2,3)22/h8-12,15H,1,4-7,13H2,2-3H3. The molecule has 0 spiro atoms. The first-order valence-corrected chi connectivity index (χ1v) is 10.8. The molecule has 152 valence electrons. The fraction of sp³-hybridized carbons (Fsp3) is 0.429. The number of halogens is 1. The monoisotopic (exact) mass is 505 g/mol. The highest BCUT2D eigenvalue weighted by molar-refractivity contribution is 14.1. The van der Waals surface area contributed by atoms with E-state index in [4.69, 9.17) is 4.74 Å².